The molecule has 128 valence electrons. The zero-order chi connectivity index (χ0) is 17.8. The summed E-state index contributed by atoms with van der Waals surface area (Å²) in [6.45, 7) is 2.97. The maximum atomic E-state index is 11.9. The van der Waals surface area contributed by atoms with Crippen LogP contribution < -0.4 is 10.6 Å². The lowest BCUT2D eigenvalue weighted by Crippen LogP contribution is -2.26. The maximum absolute atomic E-state index is 11.9. The van der Waals surface area contributed by atoms with Gasteiger partial charge in [-0.05, 0) is 25.3 Å². The second-order valence-corrected chi connectivity index (χ2v) is 5.50. The number of carboxylic acids is 1. The van der Waals surface area contributed by atoms with Gasteiger partial charge in [-0.1, -0.05) is 36.2 Å². The van der Waals surface area contributed by atoms with Crippen molar-refractivity contribution in [3.8, 4) is 6.07 Å². The van der Waals surface area contributed by atoms with E-state index in [0.717, 1.165) is 17.5 Å². The van der Waals surface area contributed by atoms with Gasteiger partial charge in [0.15, 0.2) is 0 Å². The van der Waals surface area contributed by atoms with E-state index in [1.165, 1.54) is 6.20 Å². The molecule has 1 aromatic carbocycles. The summed E-state index contributed by atoms with van der Waals surface area (Å²) in [5, 5.41) is 23.2. The van der Waals surface area contributed by atoms with E-state index in [9.17, 15) is 9.59 Å². The van der Waals surface area contributed by atoms with Gasteiger partial charge in [-0.2, -0.15) is 5.26 Å². The van der Waals surface area contributed by atoms with Crippen molar-refractivity contribution in [2.75, 3.05) is 6.54 Å². The zero-order valence-corrected chi connectivity index (χ0v) is 13.8. The summed E-state index contributed by atoms with van der Waals surface area (Å²) >= 11 is 0. The van der Waals surface area contributed by atoms with Gasteiger partial charge in [0.1, 0.15) is 11.6 Å². The fourth-order valence-corrected chi connectivity index (χ4v) is 2.12. The molecule has 0 aliphatic heterocycles. The first-order valence-electron chi connectivity index (χ1n) is 7.92. The Morgan fingerprint density at radius 2 is 2.08 bits per heavy atom. The summed E-state index contributed by atoms with van der Waals surface area (Å²) in [6, 6.07) is 9.84. The number of carbonyl (C=O) groups excluding carboxylic acids is 1. The van der Waals surface area contributed by atoms with Crippen LogP contribution in [0.5, 0.6) is 0 Å². The Hall–Kier alpha value is -2.81. The Bertz CT molecular complexity index is 633. The molecule has 3 N–H and O–H groups in total. The van der Waals surface area contributed by atoms with Crippen molar-refractivity contribution < 1.29 is 14.7 Å². The first-order chi connectivity index (χ1) is 11.5. The number of aryl methyl sites for hydroxylation is 1. The van der Waals surface area contributed by atoms with Crippen molar-refractivity contribution in [1.82, 2.24) is 10.6 Å². The van der Waals surface area contributed by atoms with Crippen LogP contribution >= 0.6 is 0 Å². The Morgan fingerprint density at radius 3 is 2.75 bits per heavy atom. The molecule has 0 saturated carbocycles. The molecule has 0 unspecified atom stereocenters. The molecule has 0 atom stereocenters. The number of hydrogen-bond donors (Lipinski definition) is 3. The van der Waals surface area contributed by atoms with Crippen LogP contribution in [0.15, 0.2) is 36.0 Å². The Morgan fingerprint density at radius 1 is 1.29 bits per heavy atom. The van der Waals surface area contributed by atoms with Crippen LogP contribution in [0.25, 0.3) is 0 Å². The van der Waals surface area contributed by atoms with E-state index < -0.39 is 11.9 Å². The van der Waals surface area contributed by atoms with Gasteiger partial charge in [-0.15, -0.1) is 0 Å². The van der Waals surface area contributed by atoms with Crippen LogP contribution in [0.4, 0.5) is 0 Å². The molecule has 0 heterocycles. The molecule has 0 aliphatic carbocycles. The minimum Gasteiger partial charge on any atom is -0.481 e. The highest BCUT2D eigenvalue weighted by Gasteiger charge is 2.07. The van der Waals surface area contributed by atoms with Gasteiger partial charge in [-0.3, -0.25) is 9.59 Å². The summed E-state index contributed by atoms with van der Waals surface area (Å²) in [5.41, 5.74) is 2.25. The second kappa shape index (κ2) is 10.8. The van der Waals surface area contributed by atoms with Crippen molar-refractivity contribution in [1.29, 1.82) is 5.26 Å². The van der Waals surface area contributed by atoms with Crippen LogP contribution in [-0.2, 0) is 16.1 Å². The van der Waals surface area contributed by atoms with Crippen LogP contribution in [0.1, 0.15) is 36.8 Å². The lowest BCUT2D eigenvalue weighted by atomic mass is 10.1. The molecule has 0 aromatic heterocycles. The van der Waals surface area contributed by atoms with Crippen molar-refractivity contribution in [3.05, 3.63) is 47.2 Å². The molecule has 0 bridgehead atoms. The number of carboxylic acid groups (broad SMARTS) is 1. The molecule has 1 amide bonds. The third kappa shape index (κ3) is 7.99. The maximum Gasteiger partial charge on any atom is 0.303 e. The minimum atomic E-state index is -0.812. The highest BCUT2D eigenvalue weighted by Crippen LogP contribution is 2.03. The van der Waals surface area contributed by atoms with Crippen molar-refractivity contribution in [2.45, 2.75) is 39.2 Å². The van der Waals surface area contributed by atoms with Gasteiger partial charge < -0.3 is 15.7 Å². The first kappa shape index (κ1) is 19.2. The Balaban J connectivity index is 2.32. The SMILES string of the molecule is Cc1cccc(CN/C=C(/C#N)C(=O)NCCCCCC(=O)O)c1. The number of hydrogen-bond acceptors (Lipinski definition) is 4. The number of nitriles is 1. The number of unbranched alkanes of at least 4 members (excludes halogenated alkanes) is 2. The highest BCUT2D eigenvalue weighted by molar-refractivity contribution is 5.97. The van der Waals surface area contributed by atoms with E-state index in [1.807, 2.05) is 37.3 Å². The molecular formula is C18H23N3O3. The molecule has 0 radical (unpaired) electrons. The van der Waals surface area contributed by atoms with Gasteiger partial charge in [0.25, 0.3) is 5.91 Å². The molecule has 0 fully saturated rings. The summed E-state index contributed by atoms with van der Waals surface area (Å²) in [4.78, 5) is 22.2. The quantitative estimate of drug-likeness (QED) is 0.347. The Kier molecular flexibility index (Phi) is 8.69. The highest BCUT2D eigenvalue weighted by atomic mass is 16.4. The summed E-state index contributed by atoms with van der Waals surface area (Å²) in [5.74, 6) is -1.24. The number of nitrogens with zero attached hydrogens (tertiary/aromatic N) is 1. The predicted octanol–water partition coefficient (Wildman–Crippen LogP) is 2.25. The standard InChI is InChI=1S/C18H23N3O3/c1-14-6-5-7-15(10-14)12-20-13-16(11-19)18(24)21-9-4-2-3-8-17(22)23/h5-7,10,13,20H,2-4,8-9,12H2,1H3,(H,21,24)(H,22,23)/b16-13-. The van der Waals surface area contributed by atoms with Crippen molar-refractivity contribution in [2.24, 2.45) is 0 Å². The molecular weight excluding hydrogens is 306 g/mol. The van der Waals surface area contributed by atoms with Crippen LogP contribution in [0, 0.1) is 18.3 Å². The summed E-state index contributed by atoms with van der Waals surface area (Å²) in [6.07, 6.45) is 3.56. The number of aliphatic carboxylic acids is 1. The minimum absolute atomic E-state index is 0.0215. The van der Waals surface area contributed by atoms with E-state index in [-0.39, 0.29) is 12.0 Å². The first-order valence-corrected chi connectivity index (χ1v) is 7.92. The smallest absolute Gasteiger partial charge is 0.303 e. The number of amides is 1. The van der Waals surface area contributed by atoms with E-state index in [4.69, 9.17) is 10.4 Å². The van der Waals surface area contributed by atoms with Gasteiger partial charge in [0.05, 0.1) is 0 Å². The lowest BCUT2D eigenvalue weighted by molar-refractivity contribution is -0.137. The largest absolute Gasteiger partial charge is 0.481 e. The van der Waals surface area contributed by atoms with E-state index in [0.29, 0.717) is 25.9 Å². The van der Waals surface area contributed by atoms with Crippen LogP contribution in [0.3, 0.4) is 0 Å². The fourth-order valence-electron chi connectivity index (χ4n) is 2.12. The predicted molar refractivity (Wildman–Crippen MR) is 90.8 cm³/mol. The fraction of sp³-hybridized carbons (Fsp3) is 0.389. The zero-order valence-electron chi connectivity index (χ0n) is 13.8. The normalized spacial score (nSPS) is 10.8. The molecule has 1 aromatic rings. The Labute approximate surface area is 142 Å². The molecule has 0 saturated heterocycles. The molecule has 6 nitrogen and oxygen atoms in total. The third-order valence-corrected chi connectivity index (χ3v) is 3.35. The molecule has 6 heteroatoms. The van der Waals surface area contributed by atoms with Crippen LogP contribution in [-0.4, -0.2) is 23.5 Å². The number of nitrogens with one attached hydrogen (secondary N) is 2. The average Bonchev–Trinajstić information content (AvgIpc) is 2.54. The van der Waals surface area contributed by atoms with Crippen LogP contribution in [0.2, 0.25) is 0 Å². The van der Waals surface area contributed by atoms with E-state index in [2.05, 4.69) is 10.6 Å². The van der Waals surface area contributed by atoms with Gasteiger partial charge in [0.2, 0.25) is 0 Å². The van der Waals surface area contributed by atoms with E-state index in [1.54, 1.807) is 0 Å². The number of benzene rings is 1. The van der Waals surface area contributed by atoms with Gasteiger partial charge in [-0.25, -0.2) is 0 Å². The van der Waals surface area contributed by atoms with Crippen molar-refractivity contribution >= 4 is 11.9 Å². The monoisotopic (exact) mass is 329 g/mol. The number of carbonyl (C=O) groups is 2. The van der Waals surface area contributed by atoms with Gasteiger partial charge >= 0.3 is 5.97 Å². The third-order valence-electron chi connectivity index (χ3n) is 3.35. The van der Waals surface area contributed by atoms with Crippen molar-refractivity contribution in [3.63, 3.8) is 0 Å². The topological polar surface area (TPSA) is 102 Å². The van der Waals surface area contributed by atoms with E-state index >= 15 is 0 Å². The summed E-state index contributed by atoms with van der Waals surface area (Å²) in [7, 11) is 0. The van der Waals surface area contributed by atoms with Gasteiger partial charge in [0, 0.05) is 25.7 Å². The molecule has 0 aliphatic rings. The lowest BCUT2D eigenvalue weighted by Gasteiger charge is -2.05. The second-order valence-electron chi connectivity index (χ2n) is 5.50. The molecule has 24 heavy (non-hydrogen) atoms. The molecule has 1 rings (SSSR count). The number of rotatable bonds is 10. The average molecular weight is 329 g/mol. The summed E-state index contributed by atoms with van der Waals surface area (Å²) < 4.78 is 0. The molecule has 0 spiro atoms.